The number of anilines is 2. The summed E-state index contributed by atoms with van der Waals surface area (Å²) in [6, 6.07) is 8.97. The number of hydrogen-bond acceptors (Lipinski definition) is 4. The van der Waals surface area contributed by atoms with Crippen molar-refractivity contribution in [1.82, 2.24) is 10.2 Å². The molecule has 1 amide bonds. The van der Waals surface area contributed by atoms with Crippen LogP contribution in [-0.2, 0) is 0 Å². The van der Waals surface area contributed by atoms with E-state index in [1.165, 1.54) is 0 Å². The molecular formula is C18H21ClN4O. The van der Waals surface area contributed by atoms with E-state index in [4.69, 9.17) is 11.6 Å². The second-order valence-corrected chi connectivity index (χ2v) is 6.80. The van der Waals surface area contributed by atoms with Gasteiger partial charge in [0, 0.05) is 23.8 Å². The molecule has 1 aromatic carbocycles. The zero-order chi connectivity index (χ0) is 17.1. The molecule has 1 aromatic heterocycles. The highest BCUT2D eigenvalue weighted by atomic mass is 35.5. The Morgan fingerprint density at radius 2 is 1.96 bits per heavy atom. The molecule has 1 saturated heterocycles. The third kappa shape index (κ3) is 3.85. The van der Waals surface area contributed by atoms with Gasteiger partial charge in [-0.3, -0.25) is 4.79 Å². The second kappa shape index (κ2) is 7.18. The summed E-state index contributed by atoms with van der Waals surface area (Å²) in [4.78, 5) is 14.6. The van der Waals surface area contributed by atoms with E-state index >= 15 is 0 Å². The largest absolute Gasteiger partial charge is 0.355 e. The maximum absolute atomic E-state index is 12.3. The highest BCUT2D eigenvalue weighted by Gasteiger charge is 2.18. The summed E-state index contributed by atoms with van der Waals surface area (Å²) in [6.45, 7) is 6.17. The molecule has 0 radical (unpaired) electrons. The van der Waals surface area contributed by atoms with Crippen LogP contribution in [0.2, 0.25) is 5.02 Å². The van der Waals surface area contributed by atoms with Crippen LogP contribution < -0.4 is 10.2 Å². The summed E-state index contributed by atoms with van der Waals surface area (Å²) in [5.74, 6) is 1.31. The minimum atomic E-state index is -0.285. The molecule has 2 heterocycles. The van der Waals surface area contributed by atoms with Crippen LogP contribution in [0.25, 0.3) is 0 Å². The van der Waals surface area contributed by atoms with Crippen LogP contribution in [-0.4, -0.2) is 29.2 Å². The van der Waals surface area contributed by atoms with Crippen LogP contribution in [0.1, 0.15) is 35.8 Å². The van der Waals surface area contributed by atoms with Gasteiger partial charge in [0.1, 0.15) is 0 Å². The Kier molecular flexibility index (Phi) is 5.00. The van der Waals surface area contributed by atoms with Crippen molar-refractivity contribution in [1.29, 1.82) is 0 Å². The van der Waals surface area contributed by atoms with Crippen molar-refractivity contribution in [3.63, 3.8) is 0 Å². The molecule has 0 spiro atoms. The van der Waals surface area contributed by atoms with E-state index in [-0.39, 0.29) is 5.91 Å². The van der Waals surface area contributed by atoms with Gasteiger partial charge in [-0.2, -0.15) is 0 Å². The number of aryl methyl sites for hydroxylation is 1. The molecule has 2 aromatic rings. The topological polar surface area (TPSA) is 58.1 Å². The van der Waals surface area contributed by atoms with Crippen molar-refractivity contribution in [3.8, 4) is 0 Å². The fourth-order valence-electron chi connectivity index (χ4n) is 2.77. The van der Waals surface area contributed by atoms with Gasteiger partial charge in [0.05, 0.1) is 0 Å². The van der Waals surface area contributed by atoms with E-state index < -0.39 is 0 Å². The average Bonchev–Trinajstić information content (AvgIpc) is 2.59. The van der Waals surface area contributed by atoms with Gasteiger partial charge in [0.25, 0.3) is 5.91 Å². The van der Waals surface area contributed by atoms with Gasteiger partial charge in [-0.05, 0) is 55.5 Å². The van der Waals surface area contributed by atoms with Crippen molar-refractivity contribution in [2.75, 3.05) is 23.3 Å². The lowest BCUT2D eigenvalue weighted by Crippen LogP contribution is -2.33. The van der Waals surface area contributed by atoms with E-state index in [2.05, 4.69) is 27.3 Å². The van der Waals surface area contributed by atoms with Crippen LogP contribution >= 0.6 is 11.6 Å². The van der Waals surface area contributed by atoms with Gasteiger partial charge < -0.3 is 10.2 Å². The Balaban J connectivity index is 1.68. The van der Waals surface area contributed by atoms with E-state index in [1.807, 2.05) is 19.1 Å². The lowest BCUT2D eigenvalue weighted by Gasteiger charge is -2.30. The van der Waals surface area contributed by atoms with Crippen molar-refractivity contribution in [3.05, 3.63) is 46.6 Å². The minimum absolute atomic E-state index is 0.285. The number of aromatic nitrogens is 2. The highest BCUT2D eigenvalue weighted by molar-refractivity contribution is 6.31. The maximum Gasteiger partial charge on any atom is 0.276 e. The van der Waals surface area contributed by atoms with Gasteiger partial charge in [-0.15, -0.1) is 10.2 Å². The van der Waals surface area contributed by atoms with Crippen molar-refractivity contribution in [2.24, 2.45) is 5.92 Å². The number of nitrogens with zero attached hydrogens (tertiary/aromatic N) is 3. The predicted octanol–water partition coefficient (Wildman–Crippen LogP) is 3.93. The summed E-state index contributed by atoms with van der Waals surface area (Å²) in [7, 11) is 0. The molecule has 1 N–H and O–H groups in total. The summed E-state index contributed by atoms with van der Waals surface area (Å²) in [5.41, 5.74) is 1.92. The third-order valence-electron chi connectivity index (χ3n) is 4.44. The first kappa shape index (κ1) is 16.7. The maximum atomic E-state index is 12.3. The highest BCUT2D eigenvalue weighted by Crippen LogP contribution is 2.22. The number of nitrogens with one attached hydrogen (secondary N) is 1. The number of piperidine rings is 1. The minimum Gasteiger partial charge on any atom is -0.355 e. The first-order chi connectivity index (χ1) is 11.5. The molecule has 5 nitrogen and oxygen atoms in total. The molecular weight excluding hydrogens is 324 g/mol. The smallest absolute Gasteiger partial charge is 0.276 e. The van der Waals surface area contributed by atoms with E-state index in [0.29, 0.717) is 16.4 Å². The molecule has 1 aliphatic rings. The number of carbonyl (C=O) groups is 1. The van der Waals surface area contributed by atoms with Gasteiger partial charge in [0.15, 0.2) is 11.5 Å². The molecule has 0 bridgehead atoms. The van der Waals surface area contributed by atoms with Crippen molar-refractivity contribution in [2.45, 2.75) is 26.7 Å². The standard InChI is InChI=1S/C18H21ClN4O/c1-12-7-9-23(10-8-12)17-6-5-15(21-22-17)18(24)20-16-11-14(19)4-3-13(16)2/h3-6,11-12H,7-10H2,1-2H3,(H,20,24). The van der Waals surface area contributed by atoms with E-state index in [0.717, 1.165) is 43.2 Å². The third-order valence-corrected chi connectivity index (χ3v) is 4.67. The van der Waals surface area contributed by atoms with Crippen molar-refractivity contribution < 1.29 is 4.79 Å². The first-order valence-electron chi connectivity index (χ1n) is 8.19. The van der Waals surface area contributed by atoms with Gasteiger partial charge in [-0.25, -0.2) is 0 Å². The molecule has 6 heteroatoms. The van der Waals surface area contributed by atoms with Crippen LogP contribution in [0.15, 0.2) is 30.3 Å². The number of amides is 1. The molecule has 24 heavy (non-hydrogen) atoms. The monoisotopic (exact) mass is 344 g/mol. The quantitative estimate of drug-likeness (QED) is 0.916. The summed E-state index contributed by atoms with van der Waals surface area (Å²) < 4.78 is 0. The SMILES string of the molecule is Cc1ccc(Cl)cc1NC(=O)c1ccc(N2CCC(C)CC2)nn1. The van der Waals surface area contributed by atoms with E-state index in [1.54, 1.807) is 18.2 Å². The Labute approximate surface area is 147 Å². The number of halogens is 1. The van der Waals surface area contributed by atoms with Crippen LogP contribution in [0.3, 0.4) is 0 Å². The van der Waals surface area contributed by atoms with Crippen molar-refractivity contribution >= 4 is 29.0 Å². The number of benzene rings is 1. The van der Waals surface area contributed by atoms with Gasteiger partial charge in [0.2, 0.25) is 0 Å². The van der Waals surface area contributed by atoms with Crippen LogP contribution in [0.5, 0.6) is 0 Å². The Morgan fingerprint density at radius 3 is 2.62 bits per heavy atom. The van der Waals surface area contributed by atoms with E-state index in [9.17, 15) is 4.79 Å². The number of hydrogen-bond donors (Lipinski definition) is 1. The number of rotatable bonds is 3. The van der Waals surface area contributed by atoms with Gasteiger partial charge >= 0.3 is 0 Å². The molecule has 0 saturated carbocycles. The molecule has 1 aliphatic heterocycles. The molecule has 0 unspecified atom stereocenters. The van der Waals surface area contributed by atoms with Crippen LogP contribution in [0.4, 0.5) is 11.5 Å². The zero-order valence-electron chi connectivity index (χ0n) is 13.9. The number of carbonyl (C=O) groups excluding carboxylic acids is 1. The average molecular weight is 345 g/mol. The molecule has 0 aliphatic carbocycles. The molecule has 3 rings (SSSR count). The molecule has 1 fully saturated rings. The lowest BCUT2D eigenvalue weighted by molar-refractivity contribution is 0.102. The lowest BCUT2D eigenvalue weighted by atomic mass is 9.99. The summed E-state index contributed by atoms with van der Waals surface area (Å²) >= 11 is 5.98. The zero-order valence-corrected chi connectivity index (χ0v) is 14.7. The first-order valence-corrected chi connectivity index (χ1v) is 8.57. The molecule has 0 atom stereocenters. The second-order valence-electron chi connectivity index (χ2n) is 6.36. The Morgan fingerprint density at radius 1 is 1.21 bits per heavy atom. The molecule has 126 valence electrons. The Bertz CT molecular complexity index is 724. The predicted molar refractivity (Wildman–Crippen MR) is 96.8 cm³/mol. The van der Waals surface area contributed by atoms with Gasteiger partial charge in [-0.1, -0.05) is 24.6 Å². The normalized spacial score (nSPS) is 15.4. The van der Waals surface area contributed by atoms with Crippen LogP contribution in [0, 0.1) is 12.8 Å². The fourth-order valence-corrected chi connectivity index (χ4v) is 2.94. The summed E-state index contributed by atoms with van der Waals surface area (Å²) in [5, 5.41) is 11.7. The Hall–Kier alpha value is -2.14. The summed E-state index contributed by atoms with van der Waals surface area (Å²) in [6.07, 6.45) is 2.33. The fraction of sp³-hybridized carbons (Fsp3) is 0.389.